The van der Waals surface area contributed by atoms with Crippen molar-refractivity contribution in [2.45, 2.75) is 20.3 Å². The van der Waals surface area contributed by atoms with Crippen molar-refractivity contribution in [3.8, 4) is 11.1 Å². The van der Waals surface area contributed by atoms with Crippen molar-refractivity contribution in [1.82, 2.24) is 4.98 Å². The fourth-order valence-corrected chi connectivity index (χ4v) is 3.86. The summed E-state index contributed by atoms with van der Waals surface area (Å²) in [5, 5.41) is 12.2. The molecule has 0 N–H and O–H groups in total. The predicted molar refractivity (Wildman–Crippen MR) is 120 cm³/mol. The number of aryl methyl sites for hydroxylation is 2. The number of benzene rings is 2. The van der Waals surface area contributed by atoms with Crippen molar-refractivity contribution in [2.75, 3.05) is 12.0 Å². The van der Waals surface area contributed by atoms with Gasteiger partial charge in [0.25, 0.3) is 5.69 Å². The number of esters is 1. The van der Waals surface area contributed by atoms with Gasteiger partial charge in [-0.25, -0.2) is 4.79 Å². The Hall–Kier alpha value is -4.00. The lowest BCUT2D eigenvalue weighted by Crippen LogP contribution is -2.17. The Morgan fingerprint density at radius 2 is 2.00 bits per heavy atom. The van der Waals surface area contributed by atoms with Crippen LogP contribution in [0, 0.1) is 24.0 Å². The third-order valence-corrected chi connectivity index (χ3v) is 5.25. The summed E-state index contributed by atoms with van der Waals surface area (Å²) in [5.41, 5.74) is 5.57. The Bertz CT molecular complexity index is 1280. The normalized spacial score (nSPS) is 13.3. The number of ether oxygens (including phenoxy) is 1. The maximum absolute atomic E-state index is 12.1. The van der Waals surface area contributed by atoms with E-state index in [2.05, 4.69) is 4.98 Å². The van der Waals surface area contributed by atoms with E-state index < -0.39 is 4.92 Å². The van der Waals surface area contributed by atoms with Gasteiger partial charge in [0, 0.05) is 42.0 Å². The van der Waals surface area contributed by atoms with Crippen LogP contribution in [0.5, 0.6) is 0 Å². The quantitative estimate of drug-likeness (QED) is 0.330. The Kier molecular flexibility index (Phi) is 5.25. The highest BCUT2D eigenvalue weighted by Crippen LogP contribution is 2.39. The van der Waals surface area contributed by atoms with E-state index in [1.54, 1.807) is 18.3 Å². The minimum atomic E-state index is -0.398. The first kappa shape index (κ1) is 20.3. The molecule has 4 rings (SSSR count). The summed E-state index contributed by atoms with van der Waals surface area (Å²) in [5.74, 6) is -0.375. The number of carbonyl (C=O) groups is 1. The summed E-state index contributed by atoms with van der Waals surface area (Å²) in [4.78, 5) is 29.6. The number of allylic oxidation sites excluding steroid dienone is 1. The summed E-state index contributed by atoms with van der Waals surface area (Å²) in [6, 6.07) is 12.4. The van der Waals surface area contributed by atoms with Crippen LogP contribution in [0.2, 0.25) is 0 Å². The first-order valence-electron chi connectivity index (χ1n) is 9.79. The molecule has 1 aromatic heterocycles. The van der Waals surface area contributed by atoms with E-state index in [9.17, 15) is 14.9 Å². The van der Waals surface area contributed by atoms with Crippen LogP contribution in [-0.2, 0) is 9.53 Å². The number of carbonyl (C=O) groups excluding carboxylic acids is 1. The molecule has 2 heterocycles. The second-order valence-electron chi connectivity index (χ2n) is 7.39. The molecule has 0 bridgehead atoms. The third-order valence-electron chi connectivity index (χ3n) is 5.25. The number of hydrogen-bond acceptors (Lipinski definition) is 6. The van der Waals surface area contributed by atoms with Crippen molar-refractivity contribution in [1.29, 1.82) is 0 Å². The molecule has 1 aliphatic heterocycles. The minimum Gasteiger partial charge on any atom is -0.466 e. The average molecular weight is 415 g/mol. The van der Waals surface area contributed by atoms with Gasteiger partial charge >= 0.3 is 5.97 Å². The lowest BCUT2D eigenvalue weighted by atomic mass is 9.96. The van der Waals surface area contributed by atoms with Crippen LogP contribution in [0.25, 0.3) is 22.0 Å². The first-order valence-corrected chi connectivity index (χ1v) is 9.79. The number of aromatic nitrogens is 1. The molecular formula is C24H21N3O4. The monoisotopic (exact) mass is 415 g/mol. The lowest BCUT2D eigenvalue weighted by Gasteiger charge is -2.25. The number of fused-ring (bicyclic) bond motifs is 1. The Morgan fingerprint density at radius 3 is 2.74 bits per heavy atom. The first-order chi connectivity index (χ1) is 14.9. The fourth-order valence-electron chi connectivity index (χ4n) is 3.86. The molecule has 156 valence electrons. The van der Waals surface area contributed by atoms with E-state index >= 15 is 0 Å². The molecule has 0 radical (unpaired) electrons. The van der Waals surface area contributed by atoms with Gasteiger partial charge in [0.15, 0.2) is 0 Å². The third kappa shape index (κ3) is 3.77. The van der Waals surface area contributed by atoms with E-state index in [0.29, 0.717) is 12.0 Å². The average Bonchev–Trinajstić information content (AvgIpc) is 2.78. The van der Waals surface area contributed by atoms with Gasteiger partial charge in [-0.15, -0.1) is 0 Å². The number of hydrogen-bond donors (Lipinski definition) is 0. The SMILES string of the molecule is COC(=O)C1=CN(c2c(C)ccc3nc(C)cc(-c4cccc([N+](=O)[O-])c4)c23)C=CC1. The Balaban J connectivity index is 2.00. The zero-order valence-electron chi connectivity index (χ0n) is 17.5. The van der Waals surface area contributed by atoms with E-state index in [-0.39, 0.29) is 11.7 Å². The summed E-state index contributed by atoms with van der Waals surface area (Å²) in [7, 11) is 1.36. The number of nitro groups is 1. The highest BCUT2D eigenvalue weighted by atomic mass is 16.6. The molecule has 0 unspecified atom stereocenters. The Labute approximate surface area is 179 Å². The van der Waals surface area contributed by atoms with Gasteiger partial charge in [-0.3, -0.25) is 15.1 Å². The zero-order chi connectivity index (χ0) is 22.1. The molecule has 7 nitrogen and oxygen atoms in total. The number of nitro benzene ring substituents is 1. The molecule has 1 aliphatic rings. The van der Waals surface area contributed by atoms with E-state index in [1.165, 1.54) is 13.2 Å². The van der Waals surface area contributed by atoms with Crippen molar-refractivity contribution in [2.24, 2.45) is 0 Å². The van der Waals surface area contributed by atoms with E-state index in [0.717, 1.165) is 39.0 Å². The van der Waals surface area contributed by atoms with Crippen LogP contribution in [-0.4, -0.2) is 23.0 Å². The molecule has 0 amide bonds. The molecule has 3 aromatic rings. The second kappa shape index (κ2) is 8.02. The standard InChI is InChI=1S/C24H21N3O4/c1-15-9-10-21-22(23(15)26-11-5-7-18(14-26)24(28)31-3)20(12-16(2)25-21)17-6-4-8-19(13-17)27(29)30/h4-6,8-14H,7H2,1-3H3. The number of non-ortho nitro benzene ring substituents is 1. The van der Waals surface area contributed by atoms with Crippen molar-refractivity contribution in [3.63, 3.8) is 0 Å². The predicted octanol–water partition coefficient (Wildman–Crippen LogP) is 5.21. The van der Waals surface area contributed by atoms with Gasteiger partial charge in [-0.2, -0.15) is 0 Å². The van der Waals surface area contributed by atoms with Crippen molar-refractivity contribution < 1.29 is 14.5 Å². The van der Waals surface area contributed by atoms with Gasteiger partial charge in [0.05, 0.1) is 28.8 Å². The summed E-state index contributed by atoms with van der Waals surface area (Å²) in [6.07, 6.45) is 6.07. The molecule has 0 fully saturated rings. The summed E-state index contributed by atoms with van der Waals surface area (Å²) >= 11 is 0. The van der Waals surface area contributed by atoms with Gasteiger partial charge in [-0.1, -0.05) is 24.3 Å². The largest absolute Gasteiger partial charge is 0.466 e. The van der Waals surface area contributed by atoms with Crippen LogP contribution in [0.4, 0.5) is 11.4 Å². The zero-order valence-corrected chi connectivity index (χ0v) is 17.5. The highest BCUT2D eigenvalue weighted by molar-refractivity contribution is 6.06. The molecule has 0 saturated carbocycles. The molecule has 0 spiro atoms. The molecular weight excluding hydrogens is 394 g/mol. The molecule has 7 heteroatoms. The minimum absolute atomic E-state index is 0.0278. The molecule has 0 atom stereocenters. The second-order valence-corrected chi connectivity index (χ2v) is 7.39. The smallest absolute Gasteiger partial charge is 0.335 e. The van der Waals surface area contributed by atoms with Crippen molar-refractivity contribution in [3.05, 3.63) is 87.9 Å². The number of anilines is 1. The number of rotatable bonds is 4. The molecule has 0 saturated heterocycles. The maximum Gasteiger partial charge on any atom is 0.335 e. The van der Waals surface area contributed by atoms with Crippen molar-refractivity contribution >= 4 is 28.2 Å². The van der Waals surface area contributed by atoms with Gasteiger partial charge in [-0.05, 0) is 42.7 Å². The topological polar surface area (TPSA) is 85.6 Å². The van der Waals surface area contributed by atoms with Crippen LogP contribution >= 0.6 is 0 Å². The number of methoxy groups -OCH3 is 1. The lowest BCUT2D eigenvalue weighted by molar-refractivity contribution is -0.384. The number of pyridine rings is 1. The van der Waals surface area contributed by atoms with Crippen LogP contribution in [0.15, 0.2) is 66.5 Å². The molecule has 31 heavy (non-hydrogen) atoms. The van der Waals surface area contributed by atoms with Crippen LogP contribution < -0.4 is 4.90 Å². The van der Waals surface area contributed by atoms with E-state index in [1.807, 2.05) is 55.3 Å². The summed E-state index contributed by atoms with van der Waals surface area (Å²) < 4.78 is 4.89. The van der Waals surface area contributed by atoms with E-state index in [4.69, 9.17) is 4.74 Å². The molecule has 0 aliphatic carbocycles. The fraction of sp³-hybridized carbons (Fsp3) is 0.167. The van der Waals surface area contributed by atoms with Crippen LogP contribution in [0.1, 0.15) is 17.7 Å². The number of nitrogens with zero attached hydrogens (tertiary/aromatic N) is 3. The molecule has 2 aromatic carbocycles. The maximum atomic E-state index is 12.1. The Morgan fingerprint density at radius 1 is 1.19 bits per heavy atom. The highest BCUT2D eigenvalue weighted by Gasteiger charge is 2.20. The van der Waals surface area contributed by atoms with Gasteiger partial charge in [0.2, 0.25) is 0 Å². The van der Waals surface area contributed by atoms with Crippen LogP contribution in [0.3, 0.4) is 0 Å². The van der Waals surface area contributed by atoms with Gasteiger partial charge < -0.3 is 9.64 Å². The van der Waals surface area contributed by atoms with Gasteiger partial charge in [0.1, 0.15) is 0 Å². The summed E-state index contributed by atoms with van der Waals surface area (Å²) in [6.45, 7) is 3.88.